The number of methoxy groups -OCH3 is 1. The van der Waals surface area contributed by atoms with Gasteiger partial charge in [0, 0.05) is 0 Å². The number of anilines is 1. The van der Waals surface area contributed by atoms with Gasteiger partial charge in [-0.1, -0.05) is 41.9 Å². The minimum atomic E-state index is -1.01. The van der Waals surface area contributed by atoms with Crippen LogP contribution in [0.4, 0.5) is 10.5 Å². The van der Waals surface area contributed by atoms with Gasteiger partial charge < -0.3 is 19.9 Å². The number of nitrogens with one attached hydrogen (secondary N) is 1. The number of carbonyl (C=O) groups is 3. The second-order valence-electron chi connectivity index (χ2n) is 7.29. The number of urea groups is 1. The Bertz CT molecular complexity index is 1290. The van der Waals surface area contributed by atoms with Crippen LogP contribution in [0.1, 0.15) is 21.5 Å². The SMILES string of the molecule is COc1cc(/C=C2/NC(=O)N(c3ccccc3)C2=O)cc(Cl)c1OCc1ccc(C(=O)O)cc1. The topological polar surface area (TPSA) is 105 Å². The van der Waals surface area contributed by atoms with E-state index in [4.69, 9.17) is 26.2 Å². The normalized spacial score (nSPS) is 14.3. The summed E-state index contributed by atoms with van der Waals surface area (Å²) in [5, 5.41) is 11.8. The molecule has 2 N–H and O–H groups in total. The summed E-state index contributed by atoms with van der Waals surface area (Å²) in [6, 6.07) is 17.5. The molecule has 8 nitrogen and oxygen atoms in total. The first-order valence-electron chi connectivity index (χ1n) is 10.1. The number of amides is 3. The zero-order valence-electron chi connectivity index (χ0n) is 17.9. The fourth-order valence-corrected chi connectivity index (χ4v) is 3.65. The van der Waals surface area contributed by atoms with Crippen LogP contribution < -0.4 is 19.7 Å². The average molecular weight is 479 g/mol. The molecule has 0 atom stereocenters. The molecule has 0 radical (unpaired) electrons. The molecule has 172 valence electrons. The maximum Gasteiger partial charge on any atom is 0.335 e. The molecule has 0 saturated carbocycles. The third-order valence-electron chi connectivity index (χ3n) is 5.04. The van der Waals surface area contributed by atoms with Crippen molar-refractivity contribution in [3.63, 3.8) is 0 Å². The number of carboxylic acid groups (broad SMARTS) is 1. The fourth-order valence-electron chi connectivity index (χ4n) is 3.38. The van der Waals surface area contributed by atoms with Gasteiger partial charge in [-0.05, 0) is 53.6 Å². The molecule has 3 aromatic carbocycles. The smallest absolute Gasteiger partial charge is 0.335 e. The number of imide groups is 1. The number of nitrogens with zero attached hydrogens (tertiary/aromatic N) is 1. The van der Waals surface area contributed by atoms with E-state index in [9.17, 15) is 14.4 Å². The average Bonchev–Trinajstić information content (AvgIpc) is 3.11. The van der Waals surface area contributed by atoms with Crippen LogP contribution in [-0.2, 0) is 11.4 Å². The van der Waals surface area contributed by atoms with Crippen LogP contribution in [0.3, 0.4) is 0 Å². The molecule has 3 aromatic rings. The largest absolute Gasteiger partial charge is 0.493 e. The van der Waals surface area contributed by atoms with E-state index >= 15 is 0 Å². The number of ether oxygens (including phenoxy) is 2. The first-order valence-corrected chi connectivity index (χ1v) is 10.5. The molecule has 0 aliphatic carbocycles. The van der Waals surface area contributed by atoms with Crippen molar-refractivity contribution in [2.75, 3.05) is 12.0 Å². The summed E-state index contributed by atoms with van der Waals surface area (Å²) in [6.07, 6.45) is 1.51. The van der Waals surface area contributed by atoms with Crippen molar-refractivity contribution in [2.45, 2.75) is 6.61 Å². The standard InChI is InChI=1S/C25H19ClN2O6/c1-33-21-13-16(12-20-23(29)28(25(32)27-20)18-5-3-2-4-6-18)11-19(26)22(21)34-14-15-7-9-17(10-8-15)24(30)31/h2-13H,14H2,1H3,(H,27,32)(H,30,31)/b20-12+. The van der Waals surface area contributed by atoms with E-state index in [-0.39, 0.29) is 22.9 Å². The van der Waals surface area contributed by atoms with Gasteiger partial charge in [0.2, 0.25) is 0 Å². The highest BCUT2D eigenvalue weighted by Crippen LogP contribution is 2.38. The number of halogens is 1. The number of hydrogen-bond donors (Lipinski definition) is 2. The van der Waals surface area contributed by atoms with Crippen molar-refractivity contribution >= 4 is 41.3 Å². The Kier molecular flexibility index (Phi) is 6.51. The van der Waals surface area contributed by atoms with E-state index in [0.717, 1.165) is 10.5 Å². The Hall–Kier alpha value is -4.30. The maximum absolute atomic E-state index is 12.8. The zero-order chi connectivity index (χ0) is 24.2. The third-order valence-corrected chi connectivity index (χ3v) is 5.32. The Labute approximate surface area is 200 Å². The summed E-state index contributed by atoms with van der Waals surface area (Å²) in [5.41, 5.74) is 2.01. The molecule has 9 heteroatoms. The van der Waals surface area contributed by atoms with Crippen molar-refractivity contribution in [2.24, 2.45) is 0 Å². The van der Waals surface area contributed by atoms with Crippen molar-refractivity contribution < 1.29 is 29.0 Å². The lowest BCUT2D eigenvalue weighted by atomic mass is 10.1. The minimum absolute atomic E-state index is 0.0964. The van der Waals surface area contributed by atoms with Gasteiger partial charge in [-0.15, -0.1) is 0 Å². The lowest BCUT2D eigenvalue weighted by molar-refractivity contribution is -0.113. The lowest BCUT2D eigenvalue weighted by Gasteiger charge is -2.14. The van der Waals surface area contributed by atoms with Crippen molar-refractivity contribution in [3.8, 4) is 11.5 Å². The van der Waals surface area contributed by atoms with E-state index in [1.165, 1.54) is 25.3 Å². The monoisotopic (exact) mass is 478 g/mol. The first kappa shape index (κ1) is 22.9. The number of hydrogen-bond acceptors (Lipinski definition) is 5. The summed E-state index contributed by atoms with van der Waals surface area (Å²) >= 11 is 6.43. The van der Waals surface area contributed by atoms with E-state index < -0.39 is 17.9 Å². The van der Waals surface area contributed by atoms with Crippen LogP contribution in [-0.4, -0.2) is 30.1 Å². The number of para-hydroxylation sites is 1. The van der Waals surface area contributed by atoms with E-state index in [2.05, 4.69) is 5.32 Å². The zero-order valence-corrected chi connectivity index (χ0v) is 18.7. The third kappa shape index (κ3) is 4.72. The van der Waals surface area contributed by atoms with Gasteiger partial charge >= 0.3 is 12.0 Å². The number of benzene rings is 3. The van der Waals surface area contributed by atoms with Gasteiger partial charge in [0.25, 0.3) is 5.91 Å². The maximum atomic E-state index is 12.8. The highest BCUT2D eigenvalue weighted by molar-refractivity contribution is 6.32. The van der Waals surface area contributed by atoms with Crippen LogP contribution >= 0.6 is 11.6 Å². The Morgan fingerprint density at radius 1 is 1.09 bits per heavy atom. The Balaban J connectivity index is 1.55. The highest BCUT2D eigenvalue weighted by Gasteiger charge is 2.34. The molecule has 1 fully saturated rings. The molecule has 0 aromatic heterocycles. The molecule has 3 amide bonds. The van der Waals surface area contributed by atoms with Crippen molar-refractivity contribution in [1.29, 1.82) is 0 Å². The fraction of sp³-hybridized carbons (Fsp3) is 0.0800. The predicted octanol–water partition coefficient (Wildman–Crippen LogP) is 4.72. The van der Waals surface area contributed by atoms with Gasteiger partial charge in [0.15, 0.2) is 11.5 Å². The molecule has 1 aliphatic rings. The van der Waals surface area contributed by atoms with Crippen LogP contribution in [0.25, 0.3) is 6.08 Å². The molecule has 0 spiro atoms. The van der Waals surface area contributed by atoms with Gasteiger partial charge in [-0.3, -0.25) is 4.79 Å². The molecule has 1 heterocycles. The second kappa shape index (κ2) is 9.68. The van der Waals surface area contributed by atoms with Crippen molar-refractivity contribution in [1.82, 2.24) is 5.32 Å². The minimum Gasteiger partial charge on any atom is -0.493 e. The summed E-state index contributed by atoms with van der Waals surface area (Å²) in [6.45, 7) is 0.136. The van der Waals surface area contributed by atoms with Crippen LogP contribution in [0, 0.1) is 0 Å². The molecule has 34 heavy (non-hydrogen) atoms. The summed E-state index contributed by atoms with van der Waals surface area (Å²) in [4.78, 5) is 37.2. The molecule has 1 saturated heterocycles. The number of carboxylic acids is 1. The van der Waals surface area contributed by atoms with Gasteiger partial charge in [-0.2, -0.15) is 0 Å². The predicted molar refractivity (Wildman–Crippen MR) is 126 cm³/mol. The van der Waals surface area contributed by atoms with Gasteiger partial charge in [-0.25, -0.2) is 14.5 Å². The molecular weight excluding hydrogens is 460 g/mol. The molecular formula is C25H19ClN2O6. The molecule has 0 unspecified atom stereocenters. The molecule has 4 rings (SSSR count). The lowest BCUT2D eigenvalue weighted by Crippen LogP contribution is -2.30. The summed E-state index contributed by atoms with van der Waals surface area (Å²) in [7, 11) is 1.46. The van der Waals surface area contributed by atoms with E-state index in [1.54, 1.807) is 54.6 Å². The van der Waals surface area contributed by atoms with Crippen LogP contribution in [0.2, 0.25) is 5.02 Å². The van der Waals surface area contributed by atoms with E-state index in [0.29, 0.717) is 22.7 Å². The Morgan fingerprint density at radius 2 is 1.79 bits per heavy atom. The molecule has 0 bridgehead atoms. The highest BCUT2D eigenvalue weighted by atomic mass is 35.5. The number of rotatable bonds is 7. The Morgan fingerprint density at radius 3 is 2.44 bits per heavy atom. The quantitative estimate of drug-likeness (QED) is 0.376. The van der Waals surface area contributed by atoms with Crippen LogP contribution in [0.5, 0.6) is 11.5 Å². The summed E-state index contributed by atoms with van der Waals surface area (Å²) in [5.74, 6) is -0.873. The van der Waals surface area contributed by atoms with Gasteiger partial charge in [0.05, 0.1) is 23.4 Å². The second-order valence-corrected chi connectivity index (χ2v) is 7.70. The van der Waals surface area contributed by atoms with E-state index in [1.807, 2.05) is 0 Å². The van der Waals surface area contributed by atoms with Crippen molar-refractivity contribution in [3.05, 3.63) is 94.1 Å². The number of carbonyl (C=O) groups excluding carboxylic acids is 2. The van der Waals surface area contributed by atoms with Crippen LogP contribution in [0.15, 0.2) is 72.4 Å². The summed E-state index contributed by atoms with van der Waals surface area (Å²) < 4.78 is 11.2. The number of aromatic carboxylic acids is 1. The first-order chi connectivity index (χ1) is 16.4. The van der Waals surface area contributed by atoms with Gasteiger partial charge in [0.1, 0.15) is 12.3 Å². The molecule has 1 aliphatic heterocycles.